The maximum Gasteiger partial charge on any atom is 0.175 e. The largest absolute Gasteiger partial charge is 0.543 e. The third kappa shape index (κ3) is 1.74. The quantitative estimate of drug-likeness (QED) is 0.749. The van der Waals surface area contributed by atoms with Gasteiger partial charge in [-0.1, -0.05) is 6.58 Å². The molecule has 0 aliphatic heterocycles. The first kappa shape index (κ1) is 11.0. The number of nitrogens with two attached hydrogens (primary N) is 1. The summed E-state index contributed by atoms with van der Waals surface area (Å²) in [7, 11) is 1.16. The summed E-state index contributed by atoms with van der Waals surface area (Å²) in [6.07, 6.45) is 1.05. The summed E-state index contributed by atoms with van der Waals surface area (Å²) in [5.74, 6) is -2.81. The van der Waals surface area contributed by atoms with Crippen molar-refractivity contribution in [2.24, 2.45) is 0 Å². The second-order valence-electron chi connectivity index (χ2n) is 2.60. The van der Waals surface area contributed by atoms with Crippen LogP contribution in [0, 0.1) is 5.82 Å². The Morgan fingerprint density at radius 3 is 2.73 bits per heavy atom. The number of nitrogens with zero attached hydrogens (tertiary/aromatic N) is 1. The third-order valence-corrected chi connectivity index (χ3v) is 1.74. The van der Waals surface area contributed by atoms with Crippen molar-refractivity contribution in [3.63, 3.8) is 0 Å². The number of pyridine rings is 1. The van der Waals surface area contributed by atoms with Crippen LogP contribution in [0.2, 0.25) is 0 Å². The van der Waals surface area contributed by atoms with Gasteiger partial charge in [-0.05, 0) is 6.08 Å². The number of methoxy groups -OCH3 is 1. The van der Waals surface area contributed by atoms with Crippen molar-refractivity contribution in [3.05, 3.63) is 23.8 Å². The molecule has 0 atom stereocenters. The molecule has 5 nitrogen and oxygen atoms in total. The number of carbonyl (C=O) groups is 1. The van der Waals surface area contributed by atoms with Crippen molar-refractivity contribution in [3.8, 4) is 5.75 Å². The van der Waals surface area contributed by atoms with Gasteiger partial charge in [0.1, 0.15) is 17.1 Å². The van der Waals surface area contributed by atoms with Gasteiger partial charge in [0, 0.05) is 0 Å². The molecule has 1 aromatic heterocycles. The Bertz CT molecular complexity index is 432. The van der Waals surface area contributed by atoms with Crippen LogP contribution in [-0.2, 0) is 0 Å². The molecule has 80 valence electrons. The highest BCUT2D eigenvalue weighted by atomic mass is 19.1. The van der Waals surface area contributed by atoms with E-state index in [1.165, 1.54) is 0 Å². The molecule has 15 heavy (non-hydrogen) atoms. The van der Waals surface area contributed by atoms with Gasteiger partial charge in [0.15, 0.2) is 11.6 Å². The summed E-state index contributed by atoms with van der Waals surface area (Å²) >= 11 is 0. The van der Waals surface area contributed by atoms with Crippen molar-refractivity contribution >= 4 is 17.7 Å². The molecule has 0 saturated heterocycles. The molecular weight excluding hydrogens is 203 g/mol. The van der Waals surface area contributed by atoms with Crippen LogP contribution in [-0.4, -0.2) is 18.1 Å². The van der Waals surface area contributed by atoms with E-state index in [2.05, 4.69) is 16.3 Å². The molecule has 0 radical (unpaired) electrons. The molecule has 0 amide bonds. The van der Waals surface area contributed by atoms with E-state index in [1.54, 1.807) is 0 Å². The Balaban J connectivity index is 3.58. The molecule has 1 heterocycles. The lowest BCUT2D eigenvalue weighted by molar-refractivity contribution is -0.255. The van der Waals surface area contributed by atoms with E-state index in [4.69, 9.17) is 5.73 Å². The van der Waals surface area contributed by atoms with Crippen molar-refractivity contribution in [1.82, 2.24) is 4.98 Å². The molecular formula is C9H8FN2O3-. The predicted molar refractivity (Wildman–Crippen MR) is 49.6 cm³/mol. The molecule has 0 aromatic carbocycles. The Morgan fingerprint density at radius 2 is 2.33 bits per heavy atom. The highest BCUT2D eigenvalue weighted by Gasteiger charge is 2.17. The van der Waals surface area contributed by atoms with Gasteiger partial charge in [-0.2, -0.15) is 0 Å². The number of carbonyl (C=O) groups excluding carboxylic acids is 1. The molecule has 0 aliphatic carbocycles. The lowest BCUT2D eigenvalue weighted by Gasteiger charge is -2.12. The first-order valence-electron chi connectivity index (χ1n) is 3.89. The highest BCUT2D eigenvalue weighted by Crippen LogP contribution is 2.29. The number of ether oxygens (including phenoxy) is 1. The van der Waals surface area contributed by atoms with Gasteiger partial charge in [-0.3, -0.25) is 0 Å². The van der Waals surface area contributed by atoms with Gasteiger partial charge in [-0.25, -0.2) is 9.37 Å². The van der Waals surface area contributed by atoms with E-state index in [0.717, 1.165) is 13.2 Å². The van der Waals surface area contributed by atoms with Crippen LogP contribution in [0.4, 0.5) is 10.1 Å². The van der Waals surface area contributed by atoms with Crippen molar-refractivity contribution in [1.29, 1.82) is 0 Å². The number of carboxylic acid groups (broad SMARTS) is 1. The summed E-state index contributed by atoms with van der Waals surface area (Å²) in [6, 6.07) is 0. The zero-order valence-electron chi connectivity index (χ0n) is 7.91. The minimum Gasteiger partial charge on any atom is -0.543 e. The Hall–Kier alpha value is -2.11. The van der Waals surface area contributed by atoms with E-state index in [9.17, 15) is 14.3 Å². The number of halogens is 1. The fourth-order valence-electron chi connectivity index (χ4n) is 1.07. The topological polar surface area (TPSA) is 88.3 Å². The van der Waals surface area contributed by atoms with Crippen LogP contribution in [0.5, 0.6) is 5.75 Å². The maximum atomic E-state index is 13.3. The van der Waals surface area contributed by atoms with Gasteiger partial charge in [0.2, 0.25) is 0 Å². The van der Waals surface area contributed by atoms with Gasteiger partial charge < -0.3 is 20.4 Å². The molecule has 0 fully saturated rings. The first-order chi connectivity index (χ1) is 7.02. The summed E-state index contributed by atoms with van der Waals surface area (Å²) in [5, 5.41) is 10.6. The van der Waals surface area contributed by atoms with Gasteiger partial charge >= 0.3 is 0 Å². The third-order valence-electron chi connectivity index (χ3n) is 1.74. The number of rotatable bonds is 3. The van der Waals surface area contributed by atoms with E-state index in [1.807, 2.05) is 0 Å². The van der Waals surface area contributed by atoms with Crippen molar-refractivity contribution in [2.75, 3.05) is 12.8 Å². The summed E-state index contributed by atoms with van der Waals surface area (Å²) in [6.45, 7) is 3.28. The van der Waals surface area contributed by atoms with E-state index in [-0.39, 0.29) is 11.4 Å². The zero-order chi connectivity index (χ0) is 11.6. The number of anilines is 1. The van der Waals surface area contributed by atoms with Crippen LogP contribution in [0.3, 0.4) is 0 Å². The normalized spacial score (nSPS) is 9.73. The fraction of sp³-hybridized carbons (Fsp3) is 0.111. The average molecular weight is 211 g/mol. The van der Waals surface area contributed by atoms with Crippen LogP contribution in [0.25, 0.3) is 6.08 Å². The van der Waals surface area contributed by atoms with Crippen molar-refractivity contribution < 1.29 is 19.0 Å². The predicted octanol–water partition coefficient (Wildman–Crippen LogP) is -0.182. The van der Waals surface area contributed by atoms with Gasteiger partial charge in [0.05, 0.1) is 13.1 Å². The summed E-state index contributed by atoms with van der Waals surface area (Å²) in [5.41, 5.74) is 4.09. The smallest absolute Gasteiger partial charge is 0.175 e. The summed E-state index contributed by atoms with van der Waals surface area (Å²) in [4.78, 5) is 14.1. The minimum atomic E-state index is -1.60. The van der Waals surface area contributed by atoms with Crippen LogP contribution < -0.4 is 15.6 Å². The molecule has 0 bridgehead atoms. The van der Waals surface area contributed by atoms with E-state index < -0.39 is 23.2 Å². The maximum absolute atomic E-state index is 13.3. The Morgan fingerprint density at radius 1 is 1.73 bits per heavy atom. The van der Waals surface area contributed by atoms with Crippen LogP contribution in [0.15, 0.2) is 6.58 Å². The molecule has 1 aromatic rings. The second kappa shape index (κ2) is 3.95. The average Bonchev–Trinajstić information content (AvgIpc) is 2.21. The standard InChI is InChI=1S/C9H9FN2O3/c1-3-4-5(10)6(11)8(15-2)7(12-4)9(13)14/h3H,1H2,2H3,(H2,11,12)(H,13,14)/p-1. The SMILES string of the molecule is C=Cc1nc(C(=O)[O-])c(OC)c(N)c1F. The number of hydrogen-bond acceptors (Lipinski definition) is 5. The fourth-order valence-corrected chi connectivity index (χ4v) is 1.07. The number of aromatic carboxylic acids is 1. The monoisotopic (exact) mass is 211 g/mol. The number of nitrogen functional groups attached to an aromatic ring is 1. The summed E-state index contributed by atoms with van der Waals surface area (Å²) < 4.78 is 18.0. The van der Waals surface area contributed by atoms with Crippen molar-refractivity contribution in [2.45, 2.75) is 0 Å². The van der Waals surface area contributed by atoms with Gasteiger partial charge in [0.25, 0.3) is 0 Å². The minimum absolute atomic E-state index is 0.257. The second-order valence-corrected chi connectivity index (χ2v) is 2.60. The van der Waals surface area contributed by atoms with Gasteiger partial charge in [-0.15, -0.1) is 0 Å². The molecule has 0 unspecified atom stereocenters. The molecule has 0 saturated carbocycles. The Labute approximate surface area is 85.0 Å². The van der Waals surface area contributed by atoms with E-state index in [0.29, 0.717) is 0 Å². The Kier molecular flexibility index (Phi) is 2.89. The number of aromatic nitrogens is 1. The lowest BCUT2D eigenvalue weighted by Crippen LogP contribution is -2.25. The molecule has 1 rings (SSSR count). The zero-order valence-corrected chi connectivity index (χ0v) is 7.91. The molecule has 0 aliphatic rings. The first-order valence-corrected chi connectivity index (χ1v) is 3.89. The number of hydrogen-bond donors (Lipinski definition) is 1. The van der Waals surface area contributed by atoms with Crippen LogP contribution >= 0.6 is 0 Å². The lowest BCUT2D eigenvalue weighted by atomic mass is 10.2. The number of carboxylic acids is 1. The molecule has 6 heteroatoms. The highest BCUT2D eigenvalue weighted by molar-refractivity contribution is 5.90. The van der Waals surface area contributed by atoms with Crippen LogP contribution in [0.1, 0.15) is 16.2 Å². The molecule has 2 N–H and O–H groups in total. The molecule has 0 spiro atoms. The van der Waals surface area contributed by atoms with E-state index >= 15 is 0 Å².